The minimum absolute atomic E-state index is 0.252. The zero-order chi connectivity index (χ0) is 19.2. The largest absolute Gasteiger partial charge is 0.489 e. The lowest BCUT2D eigenvalue weighted by atomic mass is 9.84. The Kier molecular flexibility index (Phi) is 6.69. The van der Waals surface area contributed by atoms with Gasteiger partial charge in [-0.3, -0.25) is 4.79 Å². The maximum absolute atomic E-state index is 12.2. The molecule has 0 unspecified atom stereocenters. The first kappa shape index (κ1) is 20.3. The van der Waals surface area contributed by atoms with Gasteiger partial charge < -0.3 is 15.2 Å². The van der Waals surface area contributed by atoms with Gasteiger partial charge in [0.15, 0.2) is 0 Å². The number of halogens is 3. The molecule has 1 aliphatic rings. The molecule has 1 aromatic carbocycles. The van der Waals surface area contributed by atoms with Crippen molar-refractivity contribution in [1.82, 2.24) is 5.32 Å². The highest BCUT2D eigenvalue weighted by Gasteiger charge is 2.38. The number of carbonyl (C=O) groups is 1. The number of aliphatic hydroxyl groups is 1. The van der Waals surface area contributed by atoms with Crippen LogP contribution in [0.25, 0.3) is 6.08 Å². The van der Waals surface area contributed by atoms with E-state index < -0.39 is 23.8 Å². The average molecular weight is 371 g/mol. The van der Waals surface area contributed by atoms with Gasteiger partial charge in [-0.1, -0.05) is 43.5 Å². The van der Waals surface area contributed by atoms with E-state index in [1.165, 1.54) is 0 Å². The molecule has 1 aromatic rings. The average Bonchev–Trinajstić information content (AvgIpc) is 2.58. The summed E-state index contributed by atoms with van der Waals surface area (Å²) in [5.41, 5.74) is 0.0533. The number of nitrogens with one attached hydrogen (secondary N) is 1. The molecule has 0 saturated heterocycles. The smallest absolute Gasteiger partial charge is 0.471 e. The van der Waals surface area contributed by atoms with E-state index >= 15 is 0 Å². The Morgan fingerprint density at radius 3 is 2.69 bits per heavy atom. The molecule has 0 radical (unpaired) electrons. The van der Waals surface area contributed by atoms with Crippen LogP contribution in [-0.4, -0.2) is 35.4 Å². The third-order valence-electron chi connectivity index (χ3n) is 4.31. The molecule has 2 N–H and O–H groups in total. The molecule has 0 bridgehead atoms. The van der Waals surface area contributed by atoms with Crippen LogP contribution in [-0.2, 0) is 4.79 Å². The number of benzene rings is 1. The second kappa shape index (κ2) is 8.58. The van der Waals surface area contributed by atoms with E-state index in [9.17, 15) is 23.1 Å². The van der Waals surface area contributed by atoms with Crippen molar-refractivity contribution in [3.05, 3.63) is 35.9 Å². The Morgan fingerprint density at radius 2 is 2.04 bits per heavy atom. The van der Waals surface area contributed by atoms with Crippen LogP contribution in [0.2, 0.25) is 0 Å². The van der Waals surface area contributed by atoms with Crippen LogP contribution in [0.5, 0.6) is 5.75 Å². The van der Waals surface area contributed by atoms with Crippen molar-refractivity contribution in [3.63, 3.8) is 0 Å². The number of hydrogen-bond acceptors (Lipinski definition) is 3. The summed E-state index contributed by atoms with van der Waals surface area (Å²) in [6, 6.07) is 7.05. The van der Waals surface area contributed by atoms with Crippen LogP contribution >= 0.6 is 0 Å². The molecular weight excluding hydrogens is 347 g/mol. The van der Waals surface area contributed by atoms with Crippen LogP contribution in [0.4, 0.5) is 13.2 Å². The fourth-order valence-electron chi connectivity index (χ4n) is 2.88. The molecule has 0 heterocycles. The normalized spacial score (nSPS) is 18.5. The number of ether oxygens (including phenoxy) is 1. The summed E-state index contributed by atoms with van der Waals surface area (Å²) in [6.45, 7) is 1.32. The summed E-state index contributed by atoms with van der Waals surface area (Å²) in [6.07, 6.45) is 2.75. The van der Waals surface area contributed by atoms with Gasteiger partial charge in [-0.15, -0.1) is 0 Å². The van der Waals surface area contributed by atoms with Crippen molar-refractivity contribution < 1.29 is 27.8 Å². The Labute approximate surface area is 151 Å². The summed E-state index contributed by atoms with van der Waals surface area (Å²) in [4.78, 5) is 10.8. The van der Waals surface area contributed by atoms with E-state index in [0.717, 1.165) is 37.7 Å². The maximum atomic E-state index is 12.2. The Morgan fingerprint density at radius 1 is 1.35 bits per heavy atom. The predicted octanol–water partition coefficient (Wildman–Crippen LogP) is 3.84. The summed E-state index contributed by atoms with van der Waals surface area (Å²) < 4.78 is 42.1. The zero-order valence-corrected chi connectivity index (χ0v) is 14.7. The van der Waals surface area contributed by atoms with E-state index in [1.54, 1.807) is 36.5 Å². The monoisotopic (exact) mass is 371 g/mol. The SMILES string of the molecule is C[C@@H](CNC(=O)C(F)(F)F)Oc1cccc(C=CC2(O)CCCCC2)c1. The van der Waals surface area contributed by atoms with Crippen LogP contribution in [0.1, 0.15) is 44.6 Å². The summed E-state index contributed by atoms with van der Waals surface area (Å²) in [7, 11) is 0. The highest BCUT2D eigenvalue weighted by atomic mass is 19.4. The summed E-state index contributed by atoms with van der Waals surface area (Å²) in [5.74, 6) is -1.50. The van der Waals surface area contributed by atoms with Crippen molar-refractivity contribution in [2.75, 3.05) is 6.54 Å². The molecule has 26 heavy (non-hydrogen) atoms. The summed E-state index contributed by atoms with van der Waals surface area (Å²) >= 11 is 0. The third-order valence-corrected chi connectivity index (χ3v) is 4.31. The molecule has 144 valence electrons. The van der Waals surface area contributed by atoms with E-state index in [2.05, 4.69) is 0 Å². The number of amides is 1. The molecule has 1 atom stereocenters. The van der Waals surface area contributed by atoms with Gasteiger partial charge >= 0.3 is 12.1 Å². The van der Waals surface area contributed by atoms with Crippen molar-refractivity contribution >= 4 is 12.0 Å². The van der Waals surface area contributed by atoms with Crippen LogP contribution in [0.15, 0.2) is 30.3 Å². The van der Waals surface area contributed by atoms with E-state index in [4.69, 9.17) is 4.74 Å². The summed E-state index contributed by atoms with van der Waals surface area (Å²) in [5, 5.41) is 12.3. The molecular formula is C19H24F3NO3. The molecule has 1 aliphatic carbocycles. The second-order valence-corrected chi connectivity index (χ2v) is 6.71. The van der Waals surface area contributed by atoms with Gasteiger partial charge in [-0.2, -0.15) is 13.2 Å². The molecule has 2 rings (SSSR count). The molecule has 1 amide bonds. The lowest BCUT2D eigenvalue weighted by molar-refractivity contribution is -0.173. The zero-order valence-electron chi connectivity index (χ0n) is 14.7. The minimum atomic E-state index is -4.90. The number of rotatable bonds is 6. The first-order valence-corrected chi connectivity index (χ1v) is 8.71. The fraction of sp³-hybridized carbons (Fsp3) is 0.526. The standard InChI is InChI=1S/C19H24F3NO3/c1-14(13-23-17(24)19(20,21)22)26-16-7-5-6-15(12-16)8-11-18(25)9-3-2-4-10-18/h5-8,11-12,14,25H,2-4,9-10,13H2,1H3,(H,23,24)/t14-/m0/s1. The topological polar surface area (TPSA) is 58.6 Å². The van der Waals surface area contributed by atoms with Crippen molar-refractivity contribution in [2.24, 2.45) is 0 Å². The van der Waals surface area contributed by atoms with Crippen LogP contribution in [0.3, 0.4) is 0 Å². The molecule has 1 saturated carbocycles. The van der Waals surface area contributed by atoms with Crippen molar-refractivity contribution in [2.45, 2.75) is 56.9 Å². The second-order valence-electron chi connectivity index (χ2n) is 6.71. The molecule has 7 heteroatoms. The Bertz CT molecular complexity index is 637. The molecule has 0 aliphatic heterocycles. The van der Waals surface area contributed by atoms with E-state index in [0.29, 0.717) is 5.75 Å². The van der Waals surface area contributed by atoms with Gasteiger partial charge in [0, 0.05) is 0 Å². The van der Waals surface area contributed by atoms with Gasteiger partial charge in [0.2, 0.25) is 0 Å². The Balaban J connectivity index is 1.91. The first-order valence-electron chi connectivity index (χ1n) is 8.71. The minimum Gasteiger partial charge on any atom is -0.489 e. The molecule has 0 aromatic heterocycles. The van der Waals surface area contributed by atoms with Gasteiger partial charge in [-0.05, 0) is 37.5 Å². The fourth-order valence-corrected chi connectivity index (χ4v) is 2.88. The first-order chi connectivity index (χ1) is 12.2. The number of carbonyl (C=O) groups excluding carboxylic acids is 1. The lowest BCUT2D eigenvalue weighted by Crippen LogP contribution is -2.41. The van der Waals surface area contributed by atoms with Crippen LogP contribution in [0, 0.1) is 0 Å². The van der Waals surface area contributed by atoms with Crippen molar-refractivity contribution in [3.8, 4) is 5.75 Å². The maximum Gasteiger partial charge on any atom is 0.471 e. The van der Waals surface area contributed by atoms with E-state index in [-0.39, 0.29) is 6.54 Å². The highest BCUT2D eigenvalue weighted by Crippen LogP contribution is 2.30. The molecule has 1 fully saturated rings. The van der Waals surface area contributed by atoms with E-state index in [1.807, 2.05) is 12.1 Å². The van der Waals surface area contributed by atoms with Crippen LogP contribution < -0.4 is 10.1 Å². The van der Waals surface area contributed by atoms with Gasteiger partial charge in [0.05, 0.1) is 12.1 Å². The predicted molar refractivity (Wildman–Crippen MR) is 92.7 cm³/mol. The van der Waals surface area contributed by atoms with Gasteiger partial charge in [-0.25, -0.2) is 0 Å². The number of hydrogen-bond donors (Lipinski definition) is 2. The van der Waals surface area contributed by atoms with Gasteiger partial charge in [0.1, 0.15) is 11.9 Å². The lowest BCUT2D eigenvalue weighted by Gasteiger charge is -2.28. The Hall–Kier alpha value is -2.02. The highest BCUT2D eigenvalue weighted by molar-refractivity contribution is 5.81. The number of alkyl halides is 3. The molecule has 4 nitrogen and oxygen atoms in total. The van der Waals surface area contributed by atoms with Crippen molar-refractivity contribution in [1.29, 1.82) is 0 Å². The van der Waals surface area contributed by atoms with Gasteiger partial charge in [0.25, 0.3) is 0 Å². The third kappa shape index (κ3) is 6.37. The molecule has 0 spiro atoms. The quantitative estimate of drug-likeness (QED) is 0.799.